The summed E-state index contributed by atoms with van der Waals surface area (Å²) in [5, 5.41) is 3.65. The van der Waals surface area contributed by atoms with Crippen molar-refractivity contribution in [2.45, 2.75) is 45.6 Å². The predicted molar refractivity (Wildman–Crippen MR) is 80.4 cm³/mol. The first-order valence-corrected chi connectivity index (χ1v) is 7.75. The Balaban J connectivity index is 1.87. The molecule has 1 aliphatic carbocycles. The van der Waals surface area contributed by atoms with Crippen molar-refractivity contribution in [2.24, 2.45) is 5.92 Å². The number of benzene rings is 1. The Hall–Kier alpha value is -0.860. The fourth-order valence-electron chi connectivity index (χ4n) is 3.03. The Morgan fingerprint density at radius 1 is 1.21 bits per heavy atom. The number of hydrogen-bond donors (Lipinski definition) is 1. The highest BCUT2D eigenvalue weighted by molar-refractivity contribution is 5.35. The molecule has 0 bridgehead atoms. The minimum absolute atomic E-state index is 0.524. The van der Waals surface area contributed by atoms with E-state index in [4.69, 9.17) is 4.74 Å². The van der Waals surface area contributed by atoms with Gasteiger partial charge in [-0.3, -0.25) is 0 Å². The molecule has 1 aliphatic rings. The van der Waals surface area contributed by atoms with Crippen molar-refractivity contribution < 1.29 is 4.74 Å². The fourth-order valence-corrected chi connectivity index (χ4v) is 3.03. The van der Waals surface area contributed by atoms with E-state index in [1.807, 2.05) is 0 Å². The molecule has 0 aromatic heterocycles. The second-order valence-electron chi connectivity index (χ2n) is 5.45. The molecule has 0 fully saturated rings. The lowest BCUT2D eigenvalue weighted by molar-refractivity contribution is 0.113. The topological polar surface area (TPSA) is 21.3 Å². The molecule has 1 N–H and O–H groups in total. The van der Waals surface area contributed by atoms with Crippen LogP contribution in [0, 0.1) is 5.92 Å². The fraction of sp³-hybridized carbons (Fsp3) is 0.647. The molecule has 2 heteroatoms. The van der Waals surface area contributed by atoms with Gasteiger partial charge in [-0.05, 0) is 42.9 Å². The number of hydrogen-bond acceptors (Lipinski definition) is 2. The van der Waals surface area contributed by atoms with E-state index in [0.717, 1.165) is 26.2 Å². The molecule has 0 radical (unpaired) electrons. The summed E-state index contributed by atoms with van der Waals surface area (Å²) >= 11 is 0. The van der Waals surface area contributed by atoms with E-state index in [1.54, 1.807) is 0 Å². The quantitative estimate of drug-likeness (QED) is 0.720. The number of nitrogens with one attached hydrogen (secondary N) is 1. The predicted octanol–water partition coefficient (Wildman–Crippen LogP) is 3.72. The standard InChI is InChI=1S/C17H27NO/c1-3-5-11-19-12-10-15-13-14-8-6-7-9-16(14)17(15)18-4-2/h6-9,15,17-18H,3-5,10-13H2,1-2H3. The summed E-state index contributed by atoms with van der Waals surface area (Å²) in [5.74, 6) is 0.693. The van der Waals surface area contributed by atoms with Gasteiger partial charge in [0.15, 0.2) is 0 Å². The van der Waals surface area contributed by atoms with Gasteiger partial charge in [0, 0.05) is 19.3 Å². The van der Waals surface area contributed by atoms with Crippen LogP contribution in [0.4, 0.5) is 0 Å². The second kappa shape index (κ2) is 7.66. The highest BCUT2D eigenvalue weighted by atomic mass is 16.5. The molecule has 2 rings (SSSR count). The lowest BCUT2D eigenvalue weighted by Crippen LogP contribution is -2.26. The lowest BCUT2D eigenvalue weighted by Gasteiger charge is -2.21. The van der Waals surface area contributed by atoms with Gasteiger partial charge in [0.1, 0.15) is 0 Å². The summed E-state index contributed by atoms with van der Waals surface area (Å²) in [6.07, 6.45) is 4.76. The van der Waals surface area contributed by atoms with Crippen LogP contribution in [0.2, 0.25) is 0 Å². The molecule has 106 valence electrons. The molecule has 19 heavy (non-hydrogen) atoms. The highest BCUT2D eigenvalue weighted by Crippen LogP contribution is 2.37. The van der Waals surface area contributed by atoms with Gasteiger partial charge >= 0.3 is 0 Å². The van der Waals surface area contributed by atoms with Crippen LogP contribution in [-0.2, 0) is 11.2 Å². The molecular weight excluding hydrogens is 234 g/mol. The summed E-state index contributed by atoms with van der Waals surface area (Å²) in [4.78, 5) is 0. The molecule has 0 heterocycles. The first-order valence-electron chi connectivity index (χ1n) is 7.75. The van der Waals surface area contributed by atoms with Crippen LogP contribution >= 0.6 is 0 Å². The maximum atomic E-state index is 5.73. The van der Waals surface area contributed by atoms with Gasteiger partial charge < -0.3 is 10.1 Å². The number of rotatable bonds is 8. The third-order valence-corrected chi connectivity index (χ3v) is 4.04. The van der Waals surface area contributed by atoms with E-state index in [0.29, 0.717) is 12.0 Å². The summed E-state index contributed by atoms with van der Waals surface area (Å²) in [5.41, 5.74) is 3.02. The van der Waals surface area contributed by atoms with Gasteiger partial charge in [0.2, 0.25) is 0 Å². The largest absolute Gasteiger partial charge is 0.381 e. The lowest BCUT2D eigenvalue weighted by atomic mass is 9.97. The van der Waals surface area contributed by atoms with E-state index >= 15 is 0 Å². The molecular formula is C17H27NO. The molecule has 1 aromatic rings. The molecule has 0 aliphatic heterocycles. The average molecular weight is 261 g/mol. The van der Waals surface area contributed by atoms with Gasteiger partial charge in [-0.1, -0.05) is 44.5 Å². The SMILES string of the molecule is CCCCOCCC1Cc2ccccc2C1NCC. The first kappa shape index (κ1) is 14.5. The molecule has 2 nitrogen and oxygen atoms in total. The van der Waals surface area contributed by atoms with Crippen molar-refractivity contribution in [1.82, 2.24) is 5.32 Å². The van der Waals surface area contributed by atoms with Crippen LogP contribution in [0.15, 0.2) is 24.3 Å². The minimum atomic E-state index is 0.524. The average Bonchev–Trinajstić information content (AvgIpc) is 2.78. The zero-order valence-corrected chi connectivity index (χ0v) is 12.3. The molecule has 0 spiro atoms. The maximum Gasteiger partial charge on any atom is 0.0469 e. The molecule has 1 aromatic carbocycles. The first-order chi connectivity index (χ1) is 9.36. The van der Waals surface area contributed by atoms with E-state index in [1.165, 1.54) is 30.4 Å². The van der Waals surface area contributed by atoms with Crippen molar-refractivity contribution in [2.75, 3.05) is 19.8 Å². The van der Waals surface area contributed by atoms with Crippen molar-refractivity contribution in [3.63, 3.8) is 0 Å². The Bertz CT molecular complexity index is 377. The molecule has 0 saturated carbocycles. The highest BCUT2D eigenvalue weighted by Gasteiger charge is 2.30. The van der Waals surface area contributed by atoms with Crippen LogP contribution in [0.25, 0.3) is 0 Å². The van der Waals surface area contributed by atoms with Crippen LogP contribution in [0.3, 0.4) is 0 Å². The van der Waals surface area contributed by atoms with Crippen molar-refractivity contribution >= 4 is 0 Å². The van der Waals surface area contributed by atoms with E-state index in [-0.39, 0.29) is 0 Å². The number of ether oxygens (including phenoxy) is 1. The number of unbranched alkanes of at least 4 members (excludes halogenated alkanes) is 1. The molecule has 2 unspecified atom stereocenters. The van der Waals surface area contributed by atoms with Gasteiger partial charge in [-0.15, -0.1) is 0 Å². The summed E-state index contributed by atoms with van der Waals surface area (Å²) < 4.78 is 5.73. The van der Waals surface area contributed by atoms with E-state index in [2.05, 4.69) is 43.4 Å². The monoisotopic (exact) mass is 261 g/mol. The Morgan fingerprint density at radius 3 is 2.84 bits per heavy atom. The maximum absolute atomic E-state index is 5.73. The summed E-state index contributed by atoms with van der Waals surface area (Å²) in [6.45, 7) is 7.25. The molecule has 2 atom stereocenters. The Labute approximate surface area is 117 Å². The Kier molecular flexibility index (Phi) is 5.87. The smallest absolute Gasteiger partial charge is 0.0469 e. The summed E-state index contributed by atoms with van der Waals surface area (Å²) in [6, 6.07) is 9.39. The Morgan fingerprint density at radius 2 is 2.05 bits per heavy atom. The minimum Gasteiger partial charge on any atom is -0.381 e. The van der Waals surface area contributed by atoms with Crippen LogP contribution in [-0.4, -0.2) is 19.8 Å². The van der Waals surface area contributed by atoms with Crippen molar-refractivity contribution in [3.05, 3.63) is 35.4 Å². The van der Waals surface area contributed by atoms with Crippen molar-refractivity contribution in [1.29, 1.82) is 0 Å². The van der Waals surface area contributed by atoms with E-state index < -0.39 is 0 Å². The van der Waals surface area contributed by atoms with Gasteiger partial charge in [0.25, 0.3) is 0 Å². The molecule has 0 amide bonds. The van der Waals surface area contributed by atoms with Crippen LogP contribution in [0.1, 0.15) is 50.3 Å². The second-order valence-corrected chi connectivity index (χ2v) is 5.45. The third kappa shape index (κ3) is 3.80. The van der Waals surface area contributed by atoms with Gasteiger partial charge in [0.05, 0.1) is 0 Å². The number of fused-ring (bicyclic) bond motifs is 1. The van der Waals surface area contributed by atoms with Crippen LogP contribution in [0.5, 0.6) is 0 Å². The van der Waals surface area contributed by atoms with Crippen molar-refractivity contribution in [3.8, 4) is 0 Å². The molecule has 0 saturated heterocycles. The van der Waals surface area contributed by atoms with Gasteiger partial charge in [-0.25, -0.2) is 0 Å². The van der Waals surface area contributed by atoms with E-state index in [9.17, 15) is 0 Å². The normalized spacial score (nSPS) is 21.6. The van der Waals surface area contributed by atoms with Crippen LogP contribution < -0.4 is 5.32 Å². The zero-order valence-electron chi connectivity index (χ0n) is 12.3. The van der Waals surface area contributed by atoms with Gasteiger partial charge in [-0.2, -0.15) is 0 Å². The zero-order chi connectivity index (χ0) is 13.5. The third-order valence-electron chi connectivity index (χ3n) is 4.04. The summed E-state index contributed by atoms with van der Waals surface area (Å²) in [7, 11) is 0.